The third kappa shape index (κ3) is 3.02. The van der Waals surface area contributed by atoms with Crippen molar-refractivity contribution < 1.29 is 0 Å². The van der Waals surface area contributed by atoms with E-state index >= 15 is 0 Å². The minimum atomic E-state index is 0.842. The SMILES string of the molecule is c1ccc(-n2c3ccccc3c3cc4c5ccccc5n(-c5ccc(-c6ccccn6)nc5)c4nc32)cc1. The zero-order valence-electron chi connectivity index (χ0n) is 20.4. The Bertz CT molecular complexity index is 2110. The van der Waals surface area contributed by atoms with Crippen LogP contribution in [0.4, 0.5) is 0 Å². The van der Waals surface area contributed by atoms with E-state index in [1.807, 2.05) is 36.5 Å². The number of fused-ring (bicyclic) bond motifs is 6. The van der Waals surface area contributed by atoms with Crippen LogP contribution < -0.4 is 0 Å². The molecular formula is C33H21N5. The fourth-order valence-electron chi connectivity index (χ4n) is 5.54. The largest absolute Gasteiger partial charge is 0.294 e. The fraction of sp³-hybridized carbons (Fsp3) is 0. The van der Waals surface area contributed by atoms with Crippen LogP contribution in [-0.2, 0) is 0 Å². The zero-order chi connectivity index (χ0) is 25.1. The van der Waals surface area contributed by atoms with Gasteiger partial charge in [0.1, 0.15) is 11.3 Å². The van der Waals surface area contributed by atoms with Gasteiger partial charge < -0.3 is 0 Å². The maximum Gasteiger partial charge on any atom is 0.148 e. The summed E-state index contributed by atoms with van der Waals surface area (Å²) in [6.07, 6.45) is 3.70. The van der Waals surface area contributed by atoms with Gasteiger partial charge >= 0.3 is 0 Å². The van der Waals surface area contributed by atoms with Crippen LogP contribution in [0.5, 0.6) is 0 Å². The summed E-state index contributed by atoms with van der Waals surface area (Å²) in [6, 6.07) is 39.8. The lowest BCUT2D eigenvalue weighted by molar-refractivity contribution is 1.09. The predicted molar refractivity (Wildman–Crippen MR) is 154 cm³/mol. The fourth-order valence-corrected chi connectivity index (χ4v) is 5.54. The third-order valence-corrected chi connectivity index (χ3v) is 7.22. The summed E-state index contributed by atoms with van der Waals surface area (Å²) in [6.45, 7) is 0. The molecule has 5 heterocycles. The van der Waals surface area contributed by atoms with Crippen LogP contribution in [0.3, 0.4) is 0 Å². The molecule has 0 fully saturated rings. The quantitative estimate of drug-likeness (QED) is 0.256. The number of hydrogen-bond donors (Lipinski definition) is 0. The number of benzene rings is 3. The first-order chi connectivity index (χ1) is 18.9. The Labute approximate surface area is 218 Å². The topological polar surface area (TPSA) is 48.5 Å². The minimum absolute atomic E-state index is 0.842. The summed E-state index contributed by atoms with van der Waals surface area (Å²) in [4.78, 5) is 14.6. The van der Waals surface area contributed by atoms with Gasteiger partial charge in [0, 0.05) is 33.4 Å². The van der Waals surface area contributed by atoms with Gasteiger partial charge in [0.15, 0.2) is 0 Å². The molecule has 0 aliphatic carbocycles. The lowest BCUT2D eigenvalue weighted by atomic mass is 10.1. The van der Waals surface area contributed by atoms with E-state index in [1.165, 1.54) is 10.8 Å². The second-order valence-electron chi connectivity index (χ2n) is 9.39. The van der Waals surface area contributed by atoms with E-state index < -0.39 is 0 Å². The first-order valence-electron chi connectivity index (χ1n) is 12.6. The van der Waals surface area contributed by atoms with Gasteiger partial charge in [0.05, 0.1) is 34.3 Å². The maximum atomic E-state index is 5.37. The predicted octanol–water partition coefficient (Wildman–Crippen LogP) is 7.73. The molecule has 3 aromatic carbocycles. The molecule has 5 heteroatoms. The van der Waals surface area contributed by atoms with E-state index in [9.17, 15) is 0 Å². The number of nitrogens with zero attached hydrogens (tertiary/aromatic N) is 5. The van der Waals surface area contributed by atoms with Gasteiger partial charge in [-0.05, 0) is 54.6 Å². The van der Waals surface area contributed by atoms with E-state index in [1.54, 1.807) is 6.20 Å². The van der Waals surface area contributed by atoms with Crippen LogP contribution in [0.25, 0.3) is 66.6 Å². The lowest BCUT2D eigenvalue weighted by Gasteiger charge is -2.09. The Hall–Kier alpha value is -5.29. The Balaban J connectivity index is 1.45. The van der Waals surface area contributed by atoms with Gasteiger partial charge in [-0.25, -0.2) is 4.98 Å². The summed E-state index contributed by atoms with van der Waals surface area (Å²) < 4.78 is 4.47. The summed E-state index contributed by atoms with van der Waals surface area (Å²) in [5.74, 6) is 0. The standard InChI is InChI=1S/C33H21N5/c1-2-10-22(11-3-1)37-30-15-6-4-12-24(30)26-20-27-25-13-5-7-16-31(25)38(33(27)36-32(26)37)23-17-18-29(35-21-23)28-14-8-9-19-34-28/h1-21H. The van der Waals surface area contributed by atoms with Gasteiger partial charge in [0.25, 0.3) is 0 Å². The second-order valence-corrected chi connectivity index (χ2v) is 9.39. The van der Waals surface area contributed by atoms with Crippen molar-refractivity contribution in [1.82, 2.24) is 24.1 Å². The Morgan fingerprint density at radius 1 is 0.447 bits per heavy atom. The first kappa shape index (κ1) is 20.9. The molecule has 0 N–H and O–H groups in total. The molecule has 0 bridgehead atoms. The van der Waals surface area contributed by atoms with E-state index in [-0.39, 0.29) is 0 Å². The molecule has 5 nitrogen and oxygen atoms in total. The zero-order valence-corrected chi connectivity index (χ0v) is 20.4. The van der Waals surface area contributed by atoms with Crippen molar-refractivity contribution in [2.24, 2.45) is 0 Å². The highest BCUT2D eigenvalue weighted by molar-refractivity contribution is 6.16. The normalized spacial score (nSPS) is 11.7. The highest BCUT2D eigenvalue weighted by Gasteiger charge is 2.19. The van der Waals surface area contributed by atoms with Crippen LogP contribution in [-0.4, -0.2) is 24.1 Å². The molecule has 0 amide bonds. The van der Waals surface area contributed by atoms with Crippen molar-refractivity contribution in [3.8, 4) is 22.8 Å². The molecule has 0 unspecified atom stereocenters. The van der Waals surface area contributed by atoms with Crippen LogP contribution in [0, 0.1) is 0 Å². The molecule has 8 aromatic rings. The Morgan fingerprint density at radius 2 is 1.05 bits per heavy atom. The van der Waals surface area contributed by atoms with Gasteiger partial charge in [-0.1, -0.05) is 60.7 Å². The highest BCUT2D eigenvalue weighted by Crippen LogP contribution is 2.37. The molecule has 0 atom stereocenters. The monoisotopic (exact) mass is 487 g/mol. The first-order valence-corrected chi connectivity index (χ1v) is 12.6. The van der Waals surface area contributed by atoms with E-state index in [4.69, 9.17) is 9.97 Å². The average Bonchev–Trinajstić information content (AvgIpc) is 3.49. The summed E-state index contributed by atoms with van der Waals surface area (Å²) in [5, 5.41) is 4.63. The van der Waals surface area contributed by atoms with Gasteiger partial charge in [0.2, 0.25) is 0 Å². The number of aromatic nitrogens is 5. The number of hydrogen-bond acceptors (Lipinski definition) is 3. The van der Waals surface area contributed by atoms with Crippen molar-refractivity contribution in [3.63, 3.8) is 0 Å². The second kappa shape index (κ2) is 8.11. The smallest absolute Gasteiger partial charge is 0.148 e. The minimum Gasteiger partial charge on any atom is -0.294 e. The molecule has 38 heavy (non-hydrogen) atoms. The summed E-state index contributed by atoms with van der Waals surface area (Å²) in [5.41, 5.74) is 7.85. The van der Waals surface area contributed by atoms with Gasteiger partial charge in [-0.15, -0.1) is 0 Å². The van der Waals surface area contributed by atoms with Crippen LogP contribution >= 0.6 is 0 Å². The number of rotatable bonds is 3. The van der Waals surface area contributed by atoms with Gasteiger partial charge in [-0.3, -0.25) is 19.1 Å². The highest BCUT2D eigenvalue weighted by atomic mass is 15.1. The summed E-state index contributed by atoms with van der Waals surface area (Å²) in [7, 11) is 0. The molecule has 0 saturated heterocycles. The van der Waals surface area contributed by atoms with E-state index in [0.717, 1.165) is 55.9 Å². The Kier molecular flexibility index (Phi) is 4.45. The van der Waals surface area contributed by atoms with Crippen LogP contribution in [0.1, 0.15) is 0 Å². The Morgan fingerprint density at radius 3 is 1.68 bits per heavy atom. The van der Waals surface area contributed by atoms with Crippen molar-refractivity contribution >= 4 is 43.9 Å². The molecule has 0 spiro atoms. The van der Waals surface area contributed by atoms with Gasteiger partial charge in [-0.2, -0.15) is 0 Å². The van der Waals surface area contributed by atoms with E-state index in [0.29, 0.717) is 0 Å². The molecular weight excluding hydrogens is 466 g/mol. The number of pyridine rings is 3. The van der Waals surface area contributed by atoms with Crippen LogP contribution in [0.15, 0.2) is 128 Å². The third-order valence-electron chi connectivity index (χ3n) is 7.22. The van der Waals surface area contributed by atoms with E-state index in [2.05, 4.69) is 99.0 Å². The van der Waals surface area contributed by atoms with Crippen LogP contribution in [0.2, 0.25) is 0 Å². The van der Waals surface area contributed by atoms with Crippen molar-refractivity contribution in [2.45, 2.75) is 0 Å². The molecule has 0 aliphatic heterocycles. The van der Waals surface area contributed by atoms with Crippen molar-refractivity contribution in [3.05, 3.63) is 128 Å². The molecule has 178 valence electrons. The maximum absolute atomic E-state index is 5.37. The van der Waals surface area contributed by atoms with Crippen molar-refractivity contribution in [2.75, 3.05) is 0 Å². The summed E-state index contributed by atoms with van der Waals surface area (Å²) >= 11 is 0. The molecule has 8 rings (SSSR count). The molecule has 0 saturated carbocycles. The molecule has 0 radical (unpaired) electrons. The van der Waals surface area contributed by atoms with Crippen molar-refractivity contribution in [1.29, 1.82) is 0 Å². The number of para-hydroxylation sites is 3. The molecule has 5 aromatic heterocycles. The molecule has 0 aliphatic rings. The average molecular weight is 488 g/mol. The lowest BCUT2D eigenvalue weighted by Crippen LogP contribution is -1.99.